The quantitative estimate of drug-likeness (QED) is 0.430. The lowest BCUT2D eigenvalue weighted by Crippen LogP contribution is -3.00. The lowest BCUT2D eigenvalue weighted by molar-refractivity contribution is -0.00000524. The SMILES string of the molecule is C[P+](c1ccccc1)(c1ccccc1)c1ccccc1.N#CC#N.[I-]. The van der Waals surface area contributed by atoms with Crippen LogP contribution in [-0.4, -0.2) is 6.66 Å². The van der Waals surface area contributed by atoms with Crippen molar-refractivity contribution in [3.63, 3.8) is 0 Å². The van der Waals surface area contributed by atoms with Crippen molar-refractivity contribution in [1.82, 2.24) is 0 Å². The van der Waals surface area contributed by atoms with Crippen molar-refractivity contribution in [1.29, 1.82) is 10.5 Å². The predicted octanol–water partition coefficient (Wildman–Crippen LogP) is 0.648. The Bertz CT molecular complexity index is 729. The molecule has 0 N–H and O–H groups in total. The lowest BCUT2D eigenvalue weighted by Gasteiger charge is -2.22. The second-order valence-electron chi connectivity index (χ2n) is 5.24. The largest absolute Gasteiger partial charge is 1.00 e. The maximum atomic E-state index is 7.26. The Labute approximate surface area is 167 Å². The molecule has 0 aromatic heterocycles. The summed E-state index contributed by atoms with van der Waals surface area (Å²) in [5, 5.41) is 18.8. The number of rotatable bonds is 3. The molecule has 0 unspecified atom stereocenters. The van der Waals surface area contributed by atoms with Gasteiger partial charge >= 0.3 is 0 Å². The monoisotopic (exact) mass is 456 g/mol. The zero-order chi connectivity index (χ0) is 17.3. The first-order chi connectivity index (χ1) is 11.7. The molecule has 0 aliphatic heterocycles. The van der Waals surface area contributed by atoms with Gasteiger partial charge in [0.1, 0.15) is 23.2 Å². The molecule has 2 nitrogen and oxygen atoms in total. The Morgan fingerprint density at radius 3 is 1.00 bits per heavy atom. The summed E-state index contributed by atoms with van der Waals surface area (Å²) in [5.41, 5.74) is 0. The van der Waals surface area contributed by atoms with Crippen LogP contribution in [0.1, 0.15) is 0 Å². The second kappa shape index (κ2) is 10.6. The van der Waals surface area contributed by atoms with Gasteiger partial charge in [0.2, 0.25) is 0 Å². The Morgan fingerprint density at radius 2 is 0.800 bits per heavy atom. The van der Waals surface area contributed by atoms with Crippen molar-refractivity contribution in [2.24, 2.45) is 0 Å². The molecule has 4 heteroatoms. The van der Waals surface area contributed by atoms with Crippen molar-refractivity contribution >= 4 is 23.2 Å². The van der Waals surface area contributed by atoms with E-state index in [1.807, 2.05) is 0 Å². The Hall–Kier alpha value is -2.20. The third-order valence-corrected chi connectivity index (χ3v) is 7.86. The molecule has 0 aliphatic carbocycles. The predicted molar refractivity (Wildman–Crippen MR) is 102 cm³/mol. The van der Waals surface area contributed by atoms with Crippen LogP contribution in [-0.2, 0) is 0 Å². The van der Waals surface area contributed by atoms with Gasteiger partial charge in [0.05, 0.1) is 6.66 Å². The van der Waals surface area contributed by atoms with Crippen LogP contribution in [0.2, 0.25) is 0 Å². The fourth-order valence-corrected chi connectivity index (χ4v) is 5.83. The molecule has 0 spiro atoms. The van der Waals surface area contributed by atoms with E-state index in [1.165, 1.54) is 28.1 Å². The van der Waals surface area contributed by atoms with Gasteiger partial charge in [0.25, 0.3) is 0 Å². The summed E-state index contributed by atoms with van der Waals surface area (Å²) in [6.07, 6.45) is 0. The van der Waals surface area contributed by atoms with Gasteiger partial charge in [-0.2, -0.15) is 10.5 Å². The summed E-state index contributed by atoms with van der Waals surface area (Å²) in [4.78, 5) is 0. The first kappa shape index (κ1) is 20.8. The minimum Gasteiger partial charge on any atom is -1.00 e. The van der Waals surface area contributed by atoms with Crippen LogP contribution >= 0.6 is 7.26 Å². The molecule has 0 atom stereocenters. The number of hydrogen-bond acceptors (Lipinski definition) is 2. The van der Waals surface area contributed by atoms with Gasteiger partial charge in [0.15, 0.2) is 12.1 Å². The summed E-state index contributed by atoms with van der Waals surface area (Å²) >= 11 is 0. The third kappa shape index (κ3) is 5.13. The van der Waals surface area contributed by atoms with Crippen LogP contribution in [0.15, 0.2) is 91.0 Å². The van der Waals surface area contributed by atoms with Crippen LogP contribution in [0, 0.1) is 22.7 Å². The molecule has 0 amide bonds. The van der Waals surface area contributed by atoms with Crippen molar-refractivity contribution < 1.29 is 24.0 Å². The Kier molecular flexibility index (Phi) is 8.86. The van der Waals surface area contributed by atoms with Gasteiger partial charge in [-0.1, -0.05) is 54.6 Å². The molecular weight excluding hydrogens is 438 g/mol. The minimum atomic E-state index is -1.53. The highest BCUT2D eigenvalue weighted by molar-refractivity contribution is 7.95. The second-order valence-corrected chi connectivity index (χ2v) is 8.80. The normalized spacial score (nSPS) is 9.40. The van der Waals surface area contributed by atoms with E-state index in [1.54, 1.807) is 0 Å². The van der Waals surface area contributed by atoms with E-state index in [0.717, 1.165) is 0 Å². The first-order valence-corrected chi connectivity index (χ1v) is 9.78. The van der Waals surface area contributed by atoms with Crippen molar-refractivity contribution in [2.45, 2.75) is 0 Å². The van der Waals surface area contributed by atoms with Crippen LogP contribution < -0.4 is 39.9 Å². The van der Waals surface area contributed by atoms with Gasteiger partial charge in [-0.25, -0.2) is 0 Å². The van der Waals surface area contributed by atoms with Crippen molar-refractivity contribution in [2.75, 3.05) is 6.66 Å². The van der Waals surface area contributed by atoms with Gasteiger partial charge in [-0.05, 0) is 36.4 Å². The molecule has 0 bridgehead atoms. The summed E-state index contributed by atoms with van der Waals surface area (Å²) < 4.78 is 0. The number of halogens is 1. The maximum Gasteiger partial charge on any atom is 0.181 e. The van der Waals surface area contributed by atoms with Crippen molar-refractivity contribution in [3.8, 4) is 12.1 Å². The lowest BCUT2D eigenvalue weighted by atomic mass is 10.4. The average Bonchev–Trinajstić information content (AvgIpc) is 2.69. The molecule has 0 saturated carbocycles. The standard InChI is InChI=1S/C19H18P.C2N2.HI/c1-20(17-11-5-2-6-12-17,18-13-7-3-8-14-18)19-15-9-4-10-16-19;3-1-2-4;/h2-16H,1H3;;1H/q+1;;/p-1. The van der Waals surface area contributed by atoms with E-state index in [9.17, 15) is 0 Å². The van der Waals surface area contributed by atoms with Crippen LogP contribution in [0.3, 0.4) is 0 Å². The van der Waals surface area contributed by atoms with Gasteiger partial charge in [-0.3, -0.25) is 0 Å². The molecule has 3 rings (SSSR count). The summed E-state index contributed by atoms with van der Waals surface area (Å²) in [5.74, 6) is 0. The van der Waals surface area contributed by atoms with Crippen LogP contribution in [0.25, 0.3) is 0 Å². The summed E-state index contributed by atoms with van der Waals surface area (Å²) in [6, 6.07) is 35.1. The summed E-state index contributed by atoms with van der Waals surface area (Å²) in [6.45, 7) is 2.41. The minimum absolute atomic E-state index is 0. The molecule has 0 saturated heterocycles. The molecule has 25 heavy (non-hydrogen) atoms. The van der Waals surface area contributed by atoms with Gasteiger partial charge < -0.3 is 24.0 Å². The van der Waals surface area contributed by atoms with E-state index >= 15 is 0 Å². The molecular formula is C21H18IN2P. The molecule has 3 aromatic carbocycles. The molecule has 0 fully saturated rings. The Morgan fingerprint density at radius 1 is 0.560 bits per heavy atom. The zero-order valence-corrected chi connectivity index (χ0v) is 16.9. The molecule has 124 valence electrons. The smallest absolute Gasteiger partial charge is 0.181 e. The fourth-order valence-electron chi connectivity index (χ4n) is 2.63. The van der Waals surface area contributed by atoms with E-state index < -0.39 is 7.26 Å². The molecule has 0 aliphatic rings. The first-order valence-electron chi connectivity index (χ1n) is 7.55. The highest BCUT2D eigenvalue weighted by atomic mass is 127. The van der Waals surface area contributed by atoms with E-state index in [4.69, 9.17) is 10.5 Å². The highest BCUT2D eigenvalue weighted by Gasteiger charge is 2.39. The number of nitrogens with zero attached hydrogens (tertiary/aromatic N) is 2. The van der Waals surface area contributed by atoms with Crippen molar-refractivity contribution in [3.05, 3.63) is 91.0 Å². The number of hydrogen-bond donors (Lipinski definition) is 0. The Balaban J connectivity index is 0.000000568. The molecule has 3 aromatic rings. The van der Waals surface area contributed by atoms with Crippen LogP contribution in [0.4, 0.5) is 0 Å². The number of nitriles is 2. The van der Waals surface area contributed by atoms with E-state index in [0.29, 0.717) is 0 Å². The molecule has 0 radical (unpaired) electrons. The van der Waals surface area contributed by atoms with Gasteiger partial charge in [0, 0.05) is 0 Å². The van der Waals surface area contributed by atoms with E-state index in [2.05, 4.69) is 97.7 Å². The van der Waals surface area contributed by atoms with E-state index in [-0.39, 0.29) is 24.0 Å². The van der Waals surface area contributed by atoms with Gasteiger partial charge in [-0.15, -0.1) is 0 Å². The summed E-state index contributed by atoms with van der Waals surface area (Å²) in [7, 11) is -1.53. The average molecular weight is 456 g/mol. The maximum absolute atomic E-state index is 7.26. The topological polar surface area (TPSA) is 47.6 Å². The molecule has 0 heterocycles. The van der Waals surface area contributed by atoms with Crippen LogP contribution in [0.5, 0.6) is 0 Å². The number of benzene rings is 3. The highest BCUT2D eigenvalue weighted by Crippen LogP contribution is 2.51. The fraction of sp³-hybridized carbons (Fsp3) is 0.0476. The zero-order valence-electron chi connectivity index (χ0n) is 13.9. The third-order valence-electron chi connectivity index (χ3n) is 3.87.